The van der Waals surface area contributed by atoms with E-state index in [9.17, 15) is 4.79 Å². The fraction of sp³-hybridized carbons (Fsp3) is 0.100. The van der Waals surface area contributed by atoms with Crippen LogP contribution in [0.2, 0.25) is 5.28 Å². The molecule has 1 aromatic heterocycles. The molecule has 6 heteroatoms. The van der Waals surface area contributed by atoms with E-state index in [1.807, 2.05) is 12.1 Å². The first-order chi connectivity index (χ1) is 7.56. The van der Waals surface area contributed by atoms with Crippen molar-refractivity contribution >= 4 is 50.2 Å². The molecule has 0 unspecified atom stereocenters. The van der Waals surface area contributed by atoms with Gasteiger partial charge in [-0.15, -0.1) is 0 Å². The highest BCUT2D eigenvalue weighted by molar-refractivity contribution is 9.10. The molecule has 0 aliphatic carbocycles. The van der Waals surface area contributed by atoms with Crippen LogP contribution in [0.15, 0.2) is 22.7 Å². The van der Waals surface area contributed by atoms with Crippen molar-refractivity contribution in [3.05, 3.63) is 28.0 Å². The molecule has 82 valence electrons. The minimum Gasteiger partial charge on any atom is -0.310 e. The number of hydrogen-bond donors (Lipinski definition) is 1. The molecule has 0 saturated heterocycles. The van der Waals surface area contributed by atoms with Crippen molar-refractivity contribution in [3.63, 3.8) is 0 Å². The third-order valence-corrected chi connectivity index (χ3v) is 2.59. The van der Waals surface area contributed by atoms with Crippen molar-refractivity contribution in [2.75, 3.05) is 5.32 Å². The Morgan fingerprint density at radius 3 is 2.88 bits per heavy atom. The maximum absolute atomic E-state index is 11.0. The molecule has 0 fully saturated rings. The number of anilines is 1. The second-order valence-electron chi connectivity index (χ2n) is 3.18. The van der Waals surface area contributed by atoms with Gasteiger partial charge in [-0.3, -0.25) is 4.79 Å². The van der Waals surface area contributed by atoms with E-state index in [0.29, 0.717) is 11.3 Å². The van der Waals surface area contributed by atoms with E-state index in [1.165, 1.54) is 6.92 Å². The average Bonchev–Trinajstić information content (AvgIpc) is 2.18. The summed E-state index contributed by atoms with van der Waals surface area (Å²) < 4.78 is 0.887. The molecule has 2 aromatic rings. The first kappa shape index (κ1) is 11.3. The van der Waals surface area contributed by atoms with Crippen LogP contribution in [0.3, 0.4) is 0 Å². The van der Waals surface area contributed by atoms with Gasteiger partial charge in [0, 0.05) is 16.8 Å². The molecule has 0 radical (unpaired) electrons. The van der Waals surface area contributed by atoms with Crippen molar-refractivity contribution in [2.45, 2.75) is 6.92 Å². The number of carbonyl (C=O) groups is 1. The summed E-state index contributed by atoms with van der Waals surface area (Å²) in [6.45, 7) is 1.42. The lowest BCUT2D eigenvalue weighted by atomic mass is 10.2. The Kier molecular flexibility index (Phi) is 3.07. The van der Waals surface area contributed by atoms with Crippen LogP contribution in [0.25, 0.3) is 10.9 Å². The Balaban J connectivity index is 2.69. The van der Waals surface area contributed by atoms with Crippen molar-refractivity contribution in [1.29, 1.82) is 0 Å². The first-order valence-corrected chi connectivity index (χ1v) is 5.64. The van der Waals surface area contributed by atoms with Crippen LogP contribution in [0.5, 0.6) is 0 Å². The van der Waals surface area contributed by atoms with Gasteiger partial charge in [-0.05, 0) is 29.8 Å². The smallest absolute Gasteiger partial charge is 0.224 e. The summed E-state index contributed by atoms with van der Waals surface area (Å²) in [6, 6.07) is 5.48. The number of aromatic nitrogens is 2. The van der Waals surface area contributed by atoms with Crippen LogP contribution >= 0.6 is 27.5 Å². The molecular weight excluding hydrogens is 293 g/mol. The molecule has 0 aliphatic rings. The van der Waals surface area contributed by atoms with E-state index >= 15 is 0 Å². The van der Waals surface area contributed by atoms with Gasteiger partial charge in [0.2, 0.25) is 11.2 Å². The zero-order valence-corrected chi connectivity index (χ0v) is 10.6. The molecule has 16 heavy (non-hydrogen) atoms. The summed E-state index contributed by atoms with van der Waals surface area (Å²) >= 11 is 9.11. The number of nitrogens with zero attached hydrogens (tertiary/aromatic N) is 2. The van der Waals surface area contributed by atoms with Crippen LogP contribution < -0.4 is 5.32 Å². The third-order valence-electron chi connectivity index (χ3n) is 1.92. The molecule has 1 amide bonds. The highest BCUT2D eigenvalue weighted by atomic mass is 79.9. The lowest BCUT2D eigenvalue weighted by Gasteiger charge is -2.06. The molecule has 0 bridgehead atoms. The number of halogens is 2. The van der Waals surface area contributed by atoms with Crippen LogP contribution in [0.1, 0.15) is 6.92 Å². The van der Waals surface area contributed by atoms with Crippen LogP contribution in [0.4, 0.5) is 5.82 Å². The molecule has 0 spiro atoms. The SMILES string of the molecule is CC(=O)Nc1nc(Cl)nc2ccc(Br)cc12. The van der Waals surface area contributed by atoms with Crippen molar-refractivity contribution in [2.24, 2.45) is 0 Å². The largest absolute Gasteiger partial charge is 0.310 e. The fourth-order valence-corrected chi connectivity index (χ4v) is 1.87. The Labute approximate surface area is 105 Å². The van der Waals surface area contributed by atoms with E-state index in [-0.39, 0.29) is 11.2 Å². The highest BCUT2D eigenvalue weighted by Gasteiger charge is 2.08. The van der Waals surface area contributed by atoms with Gasteiger partial charge in [-0.2, -0.15) is 4.98 Å². The number of carbonyl (C=O) groups excluding carboxylic acids is 1. The standard InChI is InChI=1S/C10H7BrClN3O/c1-5(16)13-9-7-4-6(11)2-3-8(7)14-10(12)15-9/h2-4H,1H3,(H,13,14,15,16). The predicted molar refractivity (Wildman–Crippen MR) is 66.6 cm³/mol. The zero-order chi connectivity index (χ0) is 11.7. The Morgan fingerprint density at radius 2 is 2.19 bits per heavy atom. The fourth-order valence-electron chi connectivity index (χ4n) is 1.33. The van der Waals surface area contributed by atoms with E-state index in [2.05, 4.69) is 31.2 Å². The molecule has 0 saturated carbocycles. The van der Waals surface area contributed by atoms with Crippen molar-refractivity contribution < 1.29 is 4.79 Å². The zero-order valence-electron chi connectivity index (χ0n) is 8.29. The maximum atomic E-state index is 11.0. The van der Waals surface area contributed by atoms with Gasteiger partial charge < -0.3 is 5.32 Å². The van der Waals surface area contributed by atoms with Gasteiger partial charge in [0.15, 0.2) is 0 Å². The van der Waals surface area contributed by atoms with Crippen LogP contribution in [-0.2, 0) is 4.79 Å². The Bertz CT molecular complexity index is 573. The monoisotopic (exact) mass is 299 g/mol. The lowest BCUT2D eigenvalue weighted by molar-refractivity contribution is -0.114. The van der Waals surface area contributed by atoms with Gasteiger partial charge >= 0.3 is 0 Å². The Morgan fingerprint density at radius 1 is 1.44 bits per heavy atom. The summed E-state index contributed by atoms with van der Waals surface area (Å²) in [5, 5.41) is 3.47. The molecule has 1 N–H and O–H groups in total. The maximum Gasteiger partial charge on any atom is 0.224 e. The third kappa shape index (κ3) is 2.31. The molecule has 1 aromatic carbocycles. The number of nitrogens with one attached hydrogen (secondary N) is 1. The van der Waals surface area contributed by atoms with Gasteiger partial charge in [-0.1, -0.05) is 15.9 Å². The second kappa shape index (κ2) is 4.35. The molecule has 4 nitrogen and oxygen atoms in total. The topological polar surface area (TPSA) is 54.9 Å². The van der Waals surface area contributed by atoms with E-state index in [0.717, 1.165) is 9.86 Å². The van der Waals surface area contributed by atoms with Crippen LogP contribution in [0, 0.1) is 0 Å². The number of rotatable bonds is 1. The molecular formula is C10H7BrClN3O. The first-order valence-electron chi connectivity index (χ1n) is 4.46. The number of benzene rings is 1. The quantitative estimate of drug-likeness (QED) is 0.824. The molecule has 1 heterocycles. The van der Waals surface area contributed by atoms with Gasteiger partial charge in [-0.25, -0.2) is 4.98 Å². The highest BCUT2D eigenvalue weighted by Crippen LogP contribution is 2.25. The summed E-state index contributed by atoms with van der Waals surface area (Å²) in [7, 11) is 0. The lowest BCUT2D eigenvalue weighted by Crippen LogP contribution is -2.08. The van der Waals surface area contributed by atoms with Gasteiger partial charge in [0.05, 0.1) is 5.52 Å². The van der Waals surface area contributed by atoms with E-state index < -0.39 is 0 Å². The second-order valence-corrected chi connectivity index (χ2v) is 4.44. The van der Waals surface area contributed by atoms with Crippen molar-refractivity contribution in [3.8, 4) is 0 Å². The number of hydrogen-bond acceptors (Lipinski definition) is 3. The predicted octanol–water partition coefficient (Wildman–Crippen LogP) is 3.00. The molecule has 2 rings (SSSR count). The average molecular weight is 301 g/mol. The number of amides is 1. The summed E-state index contributed by atoms with van der Waals surface area (Å²) in [5.74, 6) is 0.222. The van der Waals surface area contributed by atoms with E-state index in [4.69, 9.17) is 11.6 Å². The van der Waals surface area contributed by atoms with Crippen LogP contribution in [-0.4, -0.2) is 15.9 Å². The Hall–Kier alpha value is -1.20. The normalized spacial score (nSPS) is 10.4. The van der Waals surface area contributed by atoms with E-state index in [1.54, 1.807) is 6.07 Å². The van der Waals surface area contributed by atoms with Gasteiger partial charge in [0.25, 0.3) is 0 Å². The number of fused-ring (bicyclic) bond motifs is 1. The minimum atomic E-state index is -0.198. The van der Waals surface area contributed by atoms with Crippen molar-refractivity contribution in [1.82, 2.24) is 9.97 Å². The summed E-state index contributed by atoms with van der Waals surface area (Å²) in [5.41, 5.74) is 0.687. The molecule has 0 atom stereocenters. The minimum absolute atomic E-state index is 0.110. The summed E-state index contributed by atoms with van der Waals surface area (Å²) in [4.78, 5) is 19.1. The van der Waals surface area contributed by atoms with Gasteiger partial charge in [0.1, 0.15) is 5.82 Å². The molecule has 0 aliphatic heterocycles. The summed E-state index contributed by atoms with van der Waals surface area (Å²) in [6.07, 6.45) is 0.